The van der Waals surface area contributed by atoms with Gasteiger partial charge in [-0.1, -0.05) is 0 Å². The zero-order valence-electron chi connectivity index (χ0n) is 9.32. The average Bonchev–Trinajstić information content (AvgIpc) is 2.65. The predicted octanol–water partition coefficient (Wildman–Crippen LogP) is 1.06. The van der Waals surface area contributed by atoms with Crippen LogP contribution in [-0.4, -0.2) is 42.0 Å². The van der Waals surface area contributed by atoms with Gasteiger partial charge in [0.1, 0.15) is 5.78 Å². The molecular formula is C12H21NO2. The molecule has 1 aliphatic heterocycles. The van der Waals surface area contributed by atoms with Crippen molar-refractivity contribution in [2.75, 3.05) is 26.2 Å². The van der Waals surface area contributed by atoms with Gasteiger partial charge in [0, 0.05) is 32.5 Å². The Balaban J connectivity index is 1.74. The van der Waals surface area contributed by atoms with Crippen molar-refractivity contribution in [1.82, 2.24) is 4.90 Å². The molecule has 0 aromatic heterocycles. The summed E-state index contributed by atoms with van der Waals surface area (Å²) in [5.74, 6) is 1.51. The van der Waals surface area contributed by atoms with E-state index in [9.17, 15) is 4.79 Å². The molecule has 86 valence electrons. The molecule has 1 saturated heterocycles. The van der Waals surface area contributed by atoms with Crippen molar-refractivity contribution in [1.29, 1.82) is 0 Å². The van der Waals surface area contributed by atoms with E-state index in [2.05, 4.69) is 4.90 Å². The molecule has 1 heterocycles. The zero-order valence-corrected chi connectivity index (χ0v) is 9.32. The largest absolute Gasteiger partial charge is 0.396 e. The highest BCUT2D eigenvalue weighted by Crippen LogP contribution is 2.24. The molecule has 1 aliphatic carbocycles. The molecule has 1 saturated carbocycles. The SMILES string of the molecule is O=C1CCCC(CN2CCC(CO)C2)C1. The summed E-state index contributed by atoms with van der Waals surface area (Å²) in [6.07, 6.45) is 5.01. The Morgan fingerprint density at radius 1 is 1.33 bits per heavy atom. The average molecular weight is 211 g/mol. The molecular weight excluding hydrogens is 190 g/mol. The van der Waals surface area contributed by atoms with Crippen LogP contribution in [0.1, 0.15) is 32.1 Å². The van der Waals surface area contributed by atoms with Gasteiger partial charge < -0.3 is 10.0 Å². The fourth-order valence-corrected chi connectivity index (χ4v) is 2.86. The fraction of sp³-hybridized carbons (Fsp3) is 0.917. The van der Waals surface area contributed by atoms with Crippen LogP contribution < -0.4 is 0 Å². The van der Waals surface area contributed by atoms with Crippen molar-refractivity contribution in [2.24, 2.45) is 11.8 Å². The fourth-order valence-electron chi connectivity index (χ4n) is 2.86. The quantitative estimate of drug-likeness (QED) is 0.759. The van der Waals surface area contributed by atoms with Crippen molar-refractivity contribution >= 4 is 5.78 Å². The first-order valence-corrected chi connectivity index (χ1v) is 6.13. The lowest BCUT2D eigenvalue weighted by Gasteiger charge is -2.26. The number of nitrogens with zero attached hydrogens (tertiary/aromatic N) is 1. The van der Waals surface area contributed by atoms with E-state index in [1.807, 2.05) is 0 Å². The van der Waals surface area contributed by atoms with Gasteiger partial charge in [0.05, 0.1) is 0 Å². The molecule has 0 aromatic rings. The van der Waals surface area contributed by atoms with E-state index in [4.69, 9.17) is 5.11 Å². The third-order valence-electron chi connectivity index (χ3n) is 3.73. The highest BCUT2D eigenvalue weighted by Gasteiger charge is 2.26. The van der Waals surface area contributed by atoms with Crippen LogP contribution in [0.2, 0.25) is 0 Å². The van der Waals surface area contributed by atoms with Crippen LogP contribution in [-0.2, 0) is 4.79 Å². The van der Waals surface area contributed by atoms with Gasteiger partial charge in [-0.2, -0.15) is 0 Å². The third-order valence-corrected chi connectivity index (χ3v) is 3.73. The number of likely N-dealkylation sites (tertiary alicyclic amines) is 1. The van der Waals surface area contributed by atoms with E-state index < -0.39 is 0 Å². The molecule has 15 heavy (non-hydrogen) atoms. The van der Waals surface area contributed by atoms with E-state index in [1.54, 1.807) is 0 Å². The summed E-state index contributed by atoms with van der Waals surface area (Å²) in [7, 11) is 0. The minimum atomic E-state index is 0.320. The Labute approximate surface area is 91.5 Å². The summed E-state index contributed by atoms with van der Waals surface area (Å²) >= 11 is 0. The van der Waals surface area contributed by atoms with Gasteiger partial charge in [0.2, 0.25) is 0 Å². The van der Waals surface area contributed by atoms with Gasteiger partial charge in [0.15, 0.2) is 0 Å². The van der Waals surface area contributed by atoms with Gasteiger partial charge >= 0.3 is 0 Å². The number of rotatable bonds is 3. The maximum Gasteiger partial charge on any atom is 0.133 e. The van der Waals surface area contributed by atoms with Gasteiger partial charge in [0.25, 0.3) is 0 Å². The van der Waals surface area contributed by atoms with Crippen molar-refractivity contribution < 1.29 is 9.90 Å². The van der Waals surface area contributed by atoms with E-state index >= 15 is 0 Å². The summed E-state index contributed by atoms with van der Waals surface area (Å²) in [4.78, 5) is 13.7. The zero-order chi connectivity index (χ0) is 10.7. The Morgan fingerprint density at radius 3 is 2.87 bits per heavy atom. The first kappa shape index (κ1) is 11.1. The van der Waals surface area contributed by atoms with Crippen LogP contribution in [0.15, 0.2) is 0 Å². The molecule has 0 aromatic carbocycles. The molecule has 2 rings (SSSR count). The maximum atomic E-state index is 11.3. The van der Waals surface area contributed by atoms with Crippen LogP contribution in [0.5, 0.6) is 0 Å². The molecule has 2 unspecified atom stereocenters. The minimum Gasteiger partial charge on any atom is -0.396 e. The molecule has 3 nitrogen and oxygen atoms in total. The van der Waals surface area contributed by atoms with E-state index in [0.717, 1.165) is 45.3 Å². The van der Waals surface area contributed by atoms with E-state index in [-0.39, 0.29) is 0 Å². The standard InChI is InChI=1S/C12H21NO2/c14-9-11-4-5-13(8-11)7-10-2-1-3-12(15)6-10/h10-11,14H,1-9H2. The van der Waals surface area contributed by atoms with Crippen LogP contribution in [0.4, 0.5) is 0 Å². The van der Waals surface area contributed by atoms with Crippen molar-refractivity contribution in [3.05, 3.63) is 0 Å². The number of carbonyl (C=O) groups excluding carboxylic acids is 1. The van der Waals surface area contributed by atoms with Crippen molar-refractivity contribution in [3.8, 4) is 0 Å². The lowest BCUT2D eigenvalue weighted by molar-refractivity contribution is -0.121. The number of aliphatic hydroxyl groups is 1. The predicted molar refractivity (Wildman–Crippen MR) is 58.6 cm³/mol. The molecule has 0 radical (unpaired) electrons. The van der Waals surface area contributed by atoms with Gasteiger partial charge in [-0.15, -0.1) is 0 Å². The lowest BCUT2D eigenvalue weighted by Crippen LogP contribution is -2.30. The molecule has 0 amide bonds. The summed E-state index contributed by atoms with van der Waals surface area (Å²) in [6.45, 7) is 3.53. The topological polar surface area (TPSA) is 40.5 Å². The monoisotopic (exact) mass is 211 g/mol. The minimum absolute atomic E-state index is 0.320. The van der Waals surface area contributed by atoms with E-state index in [1.165, 1.54) is 6.42 Å². The second-order valence-corrected chi connectivity index (χ2v) is 5.10. The Morgan fingerprint density at radius 2 is 2.20 bits per heavy atom. The summed E-state index contributed by atoms with van der Waals surface area (Å²) in [5.41, 5.74) is 0. The molecule has 3 heteroatoms. The van der Waals surface area contributed by atoms with Gasteiger partial charge in [-0.05, 0) is 37.6 Å². The Kier molecular flexibility index (Phi) is 3.76. The van der Waals surface area contributed by atoms with Gasteiger partial charge in [-0.3, -0.25) is 4.79 Å². The molecule has 2 aliphatic rings. The van der Waals surface area contributed by atoms with E-state index in [0.29, 0.717) is 24.2 Å². The van der Waals surface area contributed by atoms with Crippen LogP contribution in [0.25, 0.3) is 0 Å². The highest BCUT2D eigenvalue weighted by atomic mass is 16.3. The number of carbonyl (C=O) groups is 1. The second-order valence-electron chi connectivity index (χ2n) is 5.10. The highest BCUT2D eigenvalue weighted by molar-refractivity contribution is 5.79. The second kappa shape index (κ2) is 5.08. The number of hydrogen-bond donors (Lipinski definition) is 1. The number of aliphatic hydroxyl groups excluding tert-OH is 1. The van der Waals surface area contributed by atoms with Gasteiger partial charge in [-0.25, -0.2) is 0 Å². The van der Waals surface area contributed by atoms with Crippen LogP contribution in [0, 0.1) is 11.8 Å². The Hall–Kier alpha value is -0.410. The van der Waals surface area contributed by atoms with Crippen molar-refractivity contribution in [3.63, 3.8) is 0 Å². The number of ketones is 1. The molecule has 1 N–H and O–H groups in total. The molecule has 2 atom stereocenters. The van der Waals surface area contributed by atoms with Crippen LogP contribution >= 0.6 is 0 Å². The maximum absolute atomic E-state index is 11.3. The summed E-state index contributed by atoms with van der Waals surface area (Å²) in [6, 6.07) is 0. The summed E-state index contributed by atoms with van der Waals surface area (Å²) in [5, 5.41) is 9.05. The summed E-state index contributed by atoms with van der Waals surface area (Å²) < 4.78 is 0. The molecule has 0 bridgehead atoms. The lowest BCUT2D eigenvalue weighted by atomic mass is 9.88. The smallest absolute Gasteiger partial charge is 0.133 e. The van der Waals surface area contributed by atoms with Crippen molar-refractivity contribution in [2.45, 2.75) is 32.1 Å². The Bertz CT molecular complexity index is 230. The number of Topliss-reactive ketones (excluding diaryl/α,β-unsaturated/α-hetero) is 1. The van der Waals surface area contributed by atoms with Crippen LogP contribution in [0.3, 0.4) is 0 Å². The molecule has 2 fully saturated rings. The third kappa shape index (κ3) is 3.02. The first-order chi connectivity index (χ1) is 7.28. The molecule has 0 spiro atoms. The first-order valence-electron chi connectivity index (χ1n) is 6.13. The normalized spacial score (nSPS) is 33.5. The number of hydrogen-bond acceptors (Lipinski definition) is 3.